The van der Waals surface area contributed by atoms with Gasteiger partial charge in [-0.25, -0.2) is 0 Å². The number of rotatable bonds is 2. The van der Waals surface area contributed by atoms with E-state index in [2.05, 4.69) is 37.3 Å². The average molecular weight is 120 g/mol. The summed E-state index contributed by atoms with van der Waals surface area (Å²) in [6, 6.07) is 0. The minimum absolute atomic E-state index is 1.11. The molecular formula is C9H12. The van der Waals surface area contributed by atoms with Crippen molar-refractivity contribution in [1.29, 1.82) is 0 Å². The number of hydrogen-bond acceptors (Lipinski definition) is 0. The maximum Gasteiger partial charge on any atom is -0.0157 e. The molecule has 0 amide bonds. The summed E-state index contributed by atoms with van der Waals surface area (Å²) in [6.07, 6.45) is 13.2. The van der Waals surface area contributed by atoms with E-state index in [4.69, 9.17) is 0 Å². The quantitative estimate of drug-likeness (QED) is 0.525. The summed E-state index contributed by atoms with van der Waals surface area (Å²) in [5.41, 5.74) is 1.36. The van der Waals surface area contributed by atoms with Crippen LogP contribution in [0.15, 0.2) is 36.0 Å². The first kappa shape index (κ1) is 6.34. The molecule has 1 rings (SSSR count). The predicted molar refractivity (Wildman–Crippen MR) is 41.3 cm³/mol. The van der Waals surface area contributed by atoms with Crippen molar-refractivity contribution in [2.75, 3.05) is 0 Å². The molecule has 0 spiro atoms. The molecule has 0 unspecified atom stereocenters. The maximum atomic E-state index is 2.23. The third kappa shape index (κ3) is 1.88. The lowest BCUT2D eigenvalue weighted by Gasteiger charge is -1.83. The third-order valence-corrected chi connectivity index (χ3v) is 1.35. The predicted octanol–water partition coefficient (Wildman–Crippen LogP) is 2.84. The van der Waals surface area contributed by atoms with E-state index in [0.29, 0.717) is 0 Å². The van der Waals surface area contributed by atoms with Crippen molar-refractivity contribution < 1.29 is 0 Å². The molecule has 0 heterocycles. The summed E-state index contributed by atoms with van der Waals surface area (Å²) >= 11 is 0. The molecule has 0 bridgehead atoms. The van der Waals surface area contributed by atoms with Gasteiger partial charge in [-0.05, 0) is 18.4 Å². The van der Waals surface area contributed by atoms with Crippen LogP contribution < -0.4 is 0 Å². The van der Waals surface area contributed by atoms with E-state index in [1.54, 1.807) is 0 Å². The van der Waals surface area contributed by atoms with E-state index in [1.165, 1.54) is 5.57 Å². The van der Waals surface area contributed by atoms with Crippen molar-refractivity contribution in [2.24, 2.45) is 0 Å². The Bertz CT molecular complexity index is 159. The van der Waals surface area contributed by atoms with Gasteiger partial charge in [0.2, 0.25) is 0 Å². The van der Waals surface area contributed by atoms with E-state index >= 15 is 0 Å². The summed E-state index contributed by atoms with van der Waals surface area (Å²) in [6.45, 7) is 2.15. The molecule has 1 aliphatic rings. The molecule has 0 aliphatic heterocycles. The van der Waals surface area contributed by atoms with Crippen LogP contribution in [0.5, 0.6) is 0 Å². The van der Waals surface area contributed by atoms with Gasteiger partial charge in [-0.2, -0.15) is 0 Å². The maximum absolute atomic E-state index is 2.23. The Kier molecular flexibility index (Phi) is 2.32. The van der Waals surface area contributed by atoms with Crippen molar-refractivity contribution >= 4 is 0 Å². The Morgan fingerprint density at radius 1 is 1.67 bits per heavy atom. The first-order valence-corrected chi connectivity index (χ1v) is 3.46. The average Bonchev–Trinajstić information content (AvgIpc) is 2.34. The first-order chi connectivity index (χ1) is 4.43. The fourth-order valence-corrected chi connectivity index (χ4v) is 0.854. The van der Waals surface area contributed by atoms with Gasteiger partial charge in [0.05, 0.1) is 0 Å². The van der Waals surface area contributed by atoms with Crippen LogP contribution in [0.1, 0.15) is 19.8 Å². The van der Waals surface area contributed by atoms with Crippen molar-refractivity contribution in [3.05, 3.63) is 36.0 Å². The largest absolute Gasteiger partial charge is 0.0842 e. The Labute approximate surface area is 56.6 Å². The summed E-state index contributed by atoms with van der Waals surface area (Å²) in [4.78, 5) is 0. The molecular weight excluding hydrogens is 108 g/mol. The molecule has 0 atom stereocenters. The van der Waals surface area contributed by atoms with Crippen LogP contribution >= 0.6 is 0 Å². The van der Waals surface area contributed by atoms with Gasteiger partial charge >= 0.3 is 0 Å². The fraction of sp³-hybridized carbons (Fsp3) is 0.333. The second kappa shape index (κ2) is 3.29. The Morgan fingerprint density at radius 2 is 2.56 bits per heavy atom. The highest BCUT2D eigenvalue weighted by molar-refractivity contribution is 5.35. The summed E-state index contributed by atoms with van der Waals surface area (Å²) in [5, 5.41) is 0. The third-order valence-electron chi connectivity index (χ3n) is 1.35. The molecule has 0 aromatic heterocycles. The van der Waals surface area contributed by atoms with Gasteiger partial charge < -0.3 is 0 Å². The van der Waals surface area contributed by atoms with E-state index in [0.717, 1.165) is 12.8 Å². The van der Waals surface area contributed by atoms with Crippen molar-refractivity contribution in [1.82, 2.24) is 0 Å². The molecule has 0 saturated heterocycles. The minimum Gasteiger partial charge on any atom is -0.0842 e. The number of hydrogen-bond donors (Lipinski definition) is 0. The SMILES string of the molecule is CC/C=C/C1=CCC=C1. The van der Waals surface area contributed by atoms with Crippen LogP contribution in [0.4, 0.5) is 0 Å². The van der Waals surface area contributed by atoms with Crippen LogP contribution in [0.2, 0.25) is 0 Å². The summed E-state index contributed by atoms with van der Waals surface area (Å²) in [7, 11) is 0. The Hall–Kier alpha value is -0.780. The molecule has 0 N–H and O–H groups in total. The van der Waals surface area contributed by atoms with Crippen LogP contribution in [-0.4, -0.2) is 0 Å². The van der Waals surface area contributed by atoms with E-state index in [-0.39, 0.29) is 0 Å². The lowest BCUT2D eigenvalue weighted by molar-refractivity contribution is 1.22. The Morgan fingerprint density at radius 3 is 3.11 bits per heavy atom. The van der Waals surface area contributed by atoms with Gasteiger partial charge in [-0.3, -0.25) is 0 Å². The number of allylic oxidation sites excluding steroid dienone is 6. The molecule has 9 heavy (non-hydrogen) atoms. The lowest BCUT2D eigenvalue weighted by atomic mass is 10.2. The zero-order valence-electron chi connectivity index (χ0n) is 5.80. The molecule has 1 aliphatic carbocycles. The first-order valence-electron chi connectivity index (χ1n) is 3.46. The molecule has 0 saturated carbocycles. The minimum atomic E-state index is 1.11. The molecule has 0 heteroatoms. The Balaban J connectivity index is 2.44. The van der Waals surface area contributed by atoms with Gasteiger partial charge in [-0.1, -0.05) is 37.3 Å². The monoisotopic (exact) mass is 120 g/mol. The summed E-state index contributed by atoms with van der Waals surface area (Å²) in [5.74, 6) is 0. The smallest absolute Gasteiger partial charge is 0.0157 e. The topological polar surface area (TPSA) is 0 Å². The second-order valence-corrected chi connectivity index (χ2v) is 2.15. The highest BCUT2D eigenvalue weighted by Crippen LogP contribution is 2.09. The van der Waals surface area contributed by atoms with Crippen LogP contribution in [-0.2, 0) is 0 Å². The van der Waals surface area contributed by atoms with Crippen LogP contribution in [0, 0.1) is 0 Å². The molecule has 48 valence electrons. The van der Waals surface area contributed by atoms with Gasteiger partial charge in [0.1, 0.15) is 0 Å². The van der Waals surface area contributed by atoms with Gasteiger partial charge in [-0.15, -0.1) is 0 Å². The van der Waals surface area contributed by atoms with Gasteiger partial charge in [0.25, 0.3) is 0 Å². The van der Waals surface area contributed by atoms with Crippen molar-refractivity contribution in [3.63, 3.8) is 0 Å². The normalized spacial score (nSPS) is 17.2. The highest BCUT2D eigenvalue weighted by Gasteiger charge is 1.89. The lowest BCUT2D eigenvalue weighted by Crippen LogP contribution is -1.62. The van der Waals surface area contributed by atoms with Gasteiger partial charge in [0.15, 0.2) is 0 Å². The van der Waals surface area contributed by atoms with Gasteiger partial charge in [0, 0.05) is 0 Å². The zero-order chi connectivity index (χ0) is 6.53. The fourth-order valence-electron chi connectivity index (χ4n) is 0.854. The van der Waals surface area contributed by atoms with Crippen LogP contribution in [0.3, 0.4) is 0 Å². The second-order valence-electron chi connectivity index (χ2n) is 2.15. The van der Waals surface area contributed by atoms with Crippen LogP contribution in [0.25, 0.3) is 0 Å². The molecule has 0 aromatic rings. The zero-order valence-corrected chi connectivity index (χ0v) is 5.80. The molecule has 0 aromatic carbocycles. The standard InChI is InChI=1S/C9H12/c1-2-3-6-9-7-4-5-8-9/h3-4,6-8H,2,5H2,1H3/b6-3+. The highest BCUT2D eigenvalue weighted by atomic mass is 13.9. The molecule has 0 nitrogen and oxygen atoms in total. The van der Waals surface area contributed by atoms with E-state index in [1.807, 2.05) is 0 Å². The van der Waals surface area contributed by atoms with E-state index < -0.39 is 0 Å². The van der Waals surface area contributed by atoms with E-state index in [9.17, 15) is 0 Å². The van der Waals surface area contributed by atoms with Crippen molar-refractivity contribution in [3.8, 4) is 0 Å². The summed E-state index contributed by atoms with van der Waals surface area (Å²) < 4.78 is 0. The molecule has 0 radical (unpaired) electrons. The molecule has 0 fully saturated rings. The van der Waals surface area contributed by atoms with Crippen molar-refractivity contribution in [2.45, 2.75) is 19.8 Å².